The number of hydrogen-bond donors (Lipinski definition) is 0. The molecule has 0 N–H and O–H groups in total. The van der Waals surface area contributed by atoms with Gasteiger partial charge in [-0.05, 0) is 22.9 Å². The number of aromatic nitrogens is 2. The average Bonchev–Trinajstić information content (AvgIpc) is 2.82. The van der Waals surface area contributed by atoms with Crippen molar-refractivity contribution in [3.63, 3.8) is 0 Å². The third-order valence-electron chi connectivity index (χ3n) is 2.28. The second-order valence-electron chi connectivity index (χ2n) is 3.35. The van der Waals surface area contributed by atoms with E-state index in [1.54, 1.807) is 0 Å². The van der Waals surface area contributed by atoms with Gasteiger partial charge < -0.3 is 9.26 Å². The zero-order valence-corrected chi connectivity index (χ0v) is 8.33. The molecule has 0 aliphatic heterocycles. The largest absolute Gasteiger partial charge is 0.435 e. The van der Waals surface area contributed by atoms with Gasteiger partial charge in [-0.2, -0.15) is 0 Å². The Morgan fingerprint density at radius 1 is 1.00 bits per heavy atom. The van der Waals surface area contributed by atoms with Crippen molar-refractivity contribution in [2.45, 2.75) is 0 Å². The molecule has 0 spiro atoms. The monoisotopic (exact) mass is 212 g/mol. The molecular weight excluding hydrogens is 204 g/mol. The average molecular weight is 212 g/mol. The van der Waals surface area contributed by atoms with Crippen molar-refractivity contribution in [3.05, 3.63) is 48.7 Å². The van der Waals surface area contributed by atoms with Crippen molar-refractivity contribution in [2.24, 2.45) is 0 Å². The normalized spacial score (nSPS) is 10.5. The van der Waals surface area contributed by atoms with Gasteiger partial charge in [-0.25, -0.2) is 0 Å². The second-order valence-corrected chi connectivity index (χ2v) is 3.35. The van der Waals surface area contributed by atoms with E-state index in [0.29, 0.717) is 5.88 Å². The maximum Gasteiger partial charge on any atom is 0.280 e. The Morgan fingerprint density at radius 2 is 1.88 bits per heavy atom. The second kappa shape index (κ2) is 3.66. The van der Waals surface area contributed by atoms with Gasteiger partial charge in [0.05, 0.1) is 0 Å². The van der Waals surface area contributed by atoms with E-state index in [-0.39, 0.29) is 0 Å². The fraction of sp³-hybridized carbons (Fsp3) is 0. The van der Waals surface area contributed by atoms with Crippen LogP contribution >= 0.6 is 0 Å². The van der Waals surface area contributed by atoms with Gasteiger partial charge in [0, 0.05) is 5.27 Å². The minimum absolute atomic E-state index is 0.357. The Kier molecular flexibility index (Phi) is 2.04. The predicted octanol–water partition coefficient (Wildman–Crippen LogP) is 3.02. The topological polar surface area (TPSA) is 48.2 Å². The van der Waals surface area contributed by atoms with E-state index in [9.17, 15) is 0 Å². The summed E-state index contributed by atoms with van der Waals surface area (Å²) in [6, 6.07) is 13.9. The van der Waals surface area contributed by atoms with E-state index in [0.717, 1.165) is 11.1 Å². The SMILES string of the molecule is c1ccc2cc(Oc3conn3)ccc2c1. The zero-order valence-electron chi connectivity index (χ0n) is 8.33. The first-order valence-electron chi connectivity index (χ1n) is 4.85. The summed E-state index contributed by atoms with van der Waals surface area (Å²) in [7, 11) is 0. The van der Waals surface area contributed by atoms with Gasteiger partial charge in [-0.3, -0.25) is 0 Å². The molecule has 2 aromatic carbocycles. The first kappa shape index (κ1) is 8.91. The van der Waals surface area contributed by atoms with E-state index in [1.807, 2.05) is 36.4 Å². The van der Waals surface area contributed by atoms with E-state index >= 15 is 0 Å². The van der Waals surface area contributed by atoms with Crippen molar-refractivity contribution >= 4 is 10.8 Å². The highest BCUT2D eigenvalue weighted by Crippen LogP contribution is 2.23. The lowest BCUT2D eigenvalue weighted by atomic mass is 10.1. The van der Waals surface area contributed by atoms with Crippen LogP contribution in [-0.2, 0) is 0 Å². The molecule has 0 bridgehead atoms. The summed E-state index contributed by atoms with van der Waals surface area (Å²) in [6.07, 6.45) is 1.36. The fourth-order valence-electron chi connectivity index (χ4n) is 1.55. The molecule has 0 saturated carbocycles. The Balaban J connectivity index is 1.99. The van der Waals surface area contributed by atoms with Crippen LogP contribution in [0.2, 0.25) is 0 Å². The first-order valence-corrected chi connectivity index (χ1v) is 4.85. The molecule has 78 valence electrons. The number of rotatable bonds is 2. The van der Waals surface area contributed by atoms with Crippen LogP contribution in [0.25, 0.3) is 10.8 Å². The van der Waals surface area contributed by atoms with Crippen LogP contribution in [0, 0.1) is 0 Å². The van der Waals surface area contributed by atoms with Gasteiger partial charge in [0.25, 0.3) is 5.88 Å². The van der Waals surface area contributed by atoms with Crippen molar-refractivity contribution in [2.75, 3.05) is 0 Å². The third kappa shape index (κ3) is 1.61. The van der Waals surface area contributed by atoms with Crippen LogP contribution in [0.3, 0.4) is 0 Å². The smallest absolute Gasteiger partial charge is 0.280 e. The third-order valence-corrected chi connectivity index (χ3v) is 2.28. The number of nitrogens with zero attached hydrogens (tertiary/aromatic N) is 2. The highest BCUT2D eigenvalue weighted by molar-refractivity contribution is 5.83. The fourth-order valence-corrected chi connectivity index (χ4v) is 1.55. The molecule has 1 aromatic heterocycles. The van der Waals surface area contributed by atoms with Crippen molar-refractivity contribution in [1.82, 2.24) is 10.4 Å². The molecule has 4 heteroatoms. The lowest BCUT2D eigenvalue weighted by Crippen LogP contribution is -1.84. The highest BCUT2D eigenvalue weighted by Gasteiger charge is 2.01. The first-order chi connectivity index (χ1) is 7.92. The summed E-state index contributed by atoms with van der Waals surface area (Å²) in [5.74, 6) is 1.07. The molecular formula is C12H8N2O2. The van der Waals surface area contributed by atoms with E-state index in [1.165, 1.54) is 11.6 Å². The lowest BCUT2D eigenvalue weighted by Gasteiger charge is -2.02. The molecule has 1 heterocycles. The maximum absolute atomic E-state index is 5.46. The number of ether oxygens (including phenoxy) is 1. The Morgan fingerprint density at radius 3 is 2.69 bits per heavy atom. The Hall–Kier alpha value is -2.36. The summed E-state index contributed by atoms with van der Waals surface area (Å²) < 4.78 is 10.0. The lowest BCUT2D eigenvalue weighted by molar-refractivity contribution is 0.392. The van der Waals surface area contributed by atoms with Crippen LogP contribution in [-0.4, -0.2) is 10.4 Å². The highest BCUT2D eigenvalue weighted by atomic mass is 16.5. The molecule has 3 aromatic rings. The molecule has 4 nitrogen and oxygen atoms in total. The van der Waals surface area contributed by atoms with Crippen LogP contribution in [0.15, 0.2) is 53.3 Å². The van der Waals surface area contributed by atoms with Gasteiger partial charge in [0.2, 0.25) is 0 Å². The van der Waals surface area contributed by atoms with Gasteiger partial charge in [-0.15, -0.1) is 0 Å². The molecule has 0 aliphatic rings. The minimum atomic E-state index is 0.357. The molecule has 0 unspecified atom stereocenters. The molecule has 0 fully saturated rings. The van der Waals surface area contributed by atoms with Gasteiger partial charge in [0.1, 0.15) is 5.75 Å². The van der Waals surface area contributed by atoms with E-state index in [2.05, 4.69) is 21.0 Å². The van der Waals surface area contributed by atoms with Crippen molar-refractivity contribution in [3.8, 4) is 11.6 Å². The van der Waals surface area contributed by atoms with E-state index < -0.39 is 0 Å². The number of benzene rings is 2. The van der Waals surface area contributed by atoms with Crippen molar-refractivity contribution < 1.29 is 9.26 Å². The van der Waals surface area contributed by atoms with Crippen LogP contribution in [0.4, 0.5) is 0 Å². The molecule has 0 saturated heterocycles. The number of fused-ring (bicyclic) bond motifs is 1. The Bertz CT molecular complexity index is 605. The van der Waals surface area contributed by atoms with Crippen LogP contribution in [0.5, 0.6) is 11.6 Å². The Labute approximate surface area is 91.4 Å². The van der Waals surface area contributed by atoms with Gasteiger partial charge in [-0.1, -0.05) is 35.4 Å². The summed E-state index contributed by atoms with van der Waals surface area (Å²) >= 11 is 0. The molecule has 0 aliphatic carbocycles. The number of hydrogen-bond acceptors (Lipinski definition) is 4. The summed E-state index contributed by atoms with van der Waals surface area (Å²) in [5.41, 5.74) is 0. The minimum Gasteiger partial charge on any atom is -0.435 e. The maximum atomic E-state index is 5.46. The summed E-state index contributed by atoms with van der Waals surface area (Å²) in [6.45, 7) is 0. The zero-order chi connectivity index (χ0) is 10.8. The quantitative estimate of drug-likeness (QED) is 0.655. The van der Waals surface area contributed by atoms with Crippen LogP contribution < -0.4 is 4.74 Å². The summed E-state index contributed by atoms with van der Waals surface area (Å²) in [4.78, 5) is 0. The molecule has 0 atom stereocenters. The van der Waals surface area contributed by atoms with Crippen LogP contribution in [0.1, 0.15) is 0 Å². The summed E-state index contributed by atoms with van der Waals surface area (Å²) in [5, 5.41) is 9.28. The van der Waals surface area contributed by atoms with Gasteiger partial charge >= 0.3 is 0 Å². The van der Waals surface area contributed by atoms with Crippen molar-refractivity contribution in [1.29, 1.82) is 0 Å². The molecule has 3 rings (SSSR count). The molecule has 0 amide bonds. The predicted molar refractivity (Wildman–Crippen MR) is 58.3 cm³/mol. The molecule has 0 radical (unpaired) electrons. The molecule has 16 heavy (non-hydrogen) atoms. The van der Waals surface area contributed by atoms with Gasteiger partial charge in [0.15, 0.2) is 6.26 Å². The van der Waals surface area contributed by atoms with E-state index in [4.69, 9.17) is 4.74 Å². The standard InChI is InChI=1S/C12H8N2O2/c1-2-4-10-7-11(6-5-9(10)3-1)16-12-8-15-14-13-12/h1-8H.